The minimum absolute atomic E-state index is 0.0276. The molecule has 1 N–H and O–H groups in total. The Morgan fingerprint density at radius 1 is 1.31 bits per heavy atom. The summed E-state index contributed by atoms with van der Waals surface area (Å²) in [6.45, 7) is 5.30. The molecule has 26 heavy (non-hydrogen) atoms. The van der Waals surface area contributed by atoms with Gasteiger partial charge in [-0.05, 0) is 51.0 Å². The van der Waals surface area contributed by atoms with Crippen LogP contribution in [-0.4, -0.2) is 42.3 Å². The summed E-state index contributed by atoms with van der Waals surface area (Å²) >= 11 is 0. The molecule has 0 aromatic carbocycles. The Labute approximate surface area is 152 Å². The molecule has 7 heteroatoms. The van der Waals surface area contributed by atoms with Crippen molar-refractivity contribution >= 4 is 5.91 Å². The molecule has 0 spiro atoms. The van der Waals surface area contributed by atoms with Gasteiger partial charge in [0.1, 0.15) is 0 Å². The largest absolute Gasteiger partial charge is 0.329 e. The maximum Gasteiger partial charge on any atom is 0.274 e. The molecule has 3 aromatic rings. The highest BCUT2D eigenvalue weighted by atomic mass is 16.2. The Hall–Kier alpha value is -2.96. The SMILES string of the molecule is Cc1cc(C)n(Cc2cc(C(=O)N3CCCC3c3ccccn3)n[nH]2)n1. The third-order valence-electron chi connectivity index (χ3n) is 4.82. The van der Waals surface area contributed by atoms with E-state index in [9.17, 15) is 4.79 Å². The molecule has 7 nitrogen and oxygen atoms in total. The molecule has 0 radical (unpaired) electrons. The standard InChI is InChI=1S/C19H22N6O/c1-13-10-14(2)25(23-13)12-15-11-17(22-21-15)19(26)24-9-5-7-18(24)16-6-3-4-8-20-16/h3-4,6,8,10-11,18H,5,7,9,12H2,1-2H3,(H,21,22). The van der Waals surface area contributed by atoms with Gasteiger partial charge < -0.3 is 4.90 Å². The van der Waals surface area contributed by atoms with Gasteiger partial charge in [-0.3, -0.25) is 19.6 Å². The number of carbonyl (C=O) groups excluding carboxylic acids is 1. The van der Waals surface area contributed by atoms with Crippen molar-refractivity contribution in [3.05, 3.63) is 65.0 Å². The van der Waals surface area contributed by atoms with Crippen molar-refractivity contribution in [2.45, 2.75) is 39.3 Å². The molecule has 1 saturated heterocycles. The lowest BCUT2D eigenvalue weighted by Gasteiger charge is -2.23. The first-order valence-electron chi connectivity index (χ1n) is 8.89. The lowest BCUT2D eigenvalue weighted by Crippen LogP contribution is -2.31. The number of rotatable bonds is 4. The van der Waals surface area contributed by atoms with Crippen molar-refractivity contribution in [1.29, 1.82) is 0 Å². The summed E-state index contributed by atoms with van der Waals surface area (Å²) in [7, 11) is 0. The van der Waals surface area contributed by atoms with E-state index in [0.29, 0.717) is 12.2 Å². The second-order valence-corrected chi connectivity index (χ2v) is 6.77. The lowest BCUT2D eigenvalue weighted by molar-refractivity contribution is 0.0727. The van der Waals surface area contributed by atoms with E-state index in [0.717, 1.165) is 42.2 Å². The van der Waals surface area contributed by atoms with Gasteiger partial charge in [0, 0.05) is 18.4 Å². The van der Waals surface area contributed by atoms with Crippen LogP contribution < -0.4 is 0 Å². The van der Waals surface area contributed by atoms with Gasteiger partial charge in [-0.15, -0.1) is 0 Å². The van der Waals surface area contributed by atoms with Gasteiger partial charge in [-0.25, -0.2) is 0 Å². The minimum Gasteiger partial charge on any atom is -0.329 e. The molecule has 4 rings (SSSR count). The summed E-state index contributed by atoms with van der Waals surface area (Å²) in [4.78, 5) is 19.3. The quantitative estimate of drug-likeness (QED) is 0.784. The minimum atomic E-state index is -0.0472. The zero-order valence-corrected chi connectivity index (χ0v) is 15.0. The highest BCUT2D eigenvalue weighted by Crippen LogP contribution is 2.31. The molecular weight excluding hydrogens is 328 g/mol. The first-order valence-corrected chi connectivity index (χ1v) is 8.89. The maximum atomic E-state index is 13.0. The van der Waals surface area contributed by atoms with Crippen molar-refractivity contribution < 1.29 is 4.79 Å². The smallest absolute Gasteiger partial charge is 0.274 e. The summed E-state index contributed by atoms with van der Waals surface area (Å²) in [5, 5.41) is 11.7. The van der Waals surface area contributed by atoms with Crippen molar-refractivity contribution in [3.8, 4) is 0 Å². The van der Waals surface area contributed by atoms with E-state index in [2.05, 4.69) is 20.3 Å². The number of aryl methyl sites for hydroxylation is 2. The normalized spacial score (nSPS) is 17.0. The maximum absolute atomic E-state index is 13.0. The van der Waals surface area contributed by atoms with Gasteiger partial charge in [0.2, 0.25) is 0 Å². The van der Waals surface area contributed by atoms with Crippen molar-refractivity contribution in [2.24, 2.45) is 0 Å². The zero-order valence-electron chi connectivity index (χ0n) is 15.0. The van der Waals surface area contributed by atoms with E-state index in [4.69, 9.17) is 0 Å². The average Bonchev–Trinajstić information content (AvgIpc) is 3.36. The van der Waals surface area contributed by atoms with Crippen LogP contribution >= 0.6 is 0 Å². The van der Waals surface area contributed by atoms with Crippen LogP contribution in [0, 0.1) is 13.8 Å². The molecule has 1 unspecified atom stereocenters. The molecule has 1 aliphatic rings. The lowest BCUT2D eigenvalue weighted by atomic mass is 10.1. The van der Waals surface area contributed by atoms with Crippen LogP contribution in [0.3, 0.4) is 0 Å². The molecule has 0 saturated carbocycles. The van der Waals surface area contributed by atoms with E-state index < -0.39 is 0 Å². The summed E-state index contributed by atoms with van der Waals surface area (Å²) in [6.07, 6.45) is 3.69. The number of pyridine rings is 1. The second-order valence-electron chi connectivity index (χ2n) is 6.77. The van der Waals surface area contributed by atoms with Gasteiger partial charge in [0.05, 0.1) is 29.7 Å². The Kier molecular flexibility index (Phi) is 4.28. The van der Waals surface area contributed by atoms with Crippen LogP contribution in [0.5, 0.6) is 0 Å². The van der Waals surface area contributed by atoms with Crippen molar-refractivity contribution in [3.63, 3.8) is 0 Å². The molecule has 1 fully saturated rings. The third kappa shape index (κ3) is 3.12. The highest BCUT2D eigenvalue weighted by molar-refractivity contribution is 5.92. The van der Waals surface area contributed by atoms with E-state index in [-0.39, 0.29) is 11.9 Å². The summed E-state index contributed by atoms with van der Waals surface area (Å²) in [5.41, 5.74) is 4.32. The fourth-order valence-corrected chi connectivity index (χ4v) is 3.59. The van der Waals surface area contributed by atoms with Crippen LogP contribution in [0.1, 0.15) is 52.1 Å². The van der Waals surface area contributed by atoms with E-state index in [1.165, 1.54) is 0 Å². The van der Waals surface area contributed by atoms with Crippen LogP contribution in [0.2, 0.25) is 0 Å². The molecule has 0 aliphatic carbocycles. The van der Waals surface area contributed by atoms with E-state index in [1.807, 2.05) is 53.8 Å². The molecule has 134 valence electrons. The topological polar surface area (TPSA) is 79.7 Å². The number of hydrogen-bond donors (Lipinski definition) is 1. The predicted octanol–water partition coefficient (Wildman–Crippen LogP) is 2.64. The number of aromatic amines is 1. The number of hydrogen-bond acceptors (Lipinski definition) is 4. The van der Waals surface area contributed by atoms with Crippen LogP contribution in [0.4, 0.5) is 0 Å². The molecule has 1 atom stereocenters. The van der Waals surface area contributed by atoms with Gasteiger partial charge in [0.15, 0.2) is 5.69 Å². The molecule has 1 aliphatic heterocycles. The number of H-pyrrole nitrogens is 1. The van der Waals surface area contributed by atoms with Gasteiger partial charge in [-0.2, -0.15) is 10.2 Å². The van der Waals surface area contributed by atoms with Gasteiger partial charge in [-0.1, -0.05) is 6.07 Å². The Balaban J connectivity index is 1.52. The number of amides is 1. The molecule has 3 aromatic heterocycles. The number of nitrogens with one attached hydrogen (secondary N) is 1. The Morgan fingerprint density at radius 2 is 2.19 bits per heavy atom. The average molecular weight is 350 g/mol. The second kappa shape index (κ2) is 6.74. The number of nitrogens with zero attached hydrogens (tertiary/aromatic N) is 5. The van der Waals surface area contributed by atoms with Crippen LogP contribution in [0.15, 0.2) is 36.5 Å². The number of carbonyl (C=O) groups is 1. The molecule has 0 bridgehead atoms. The Bertz CT molecular complexity index is 913. The third-order valence-corrected chi connectivity index (χ3v) is 4.82. The van der Waals surface area contributed by atoms with Crippen LogP contribution in [-0.2, 0) is 6.54 Å². The van der Waals surface area contributed by atoms with Crippen molar-refractivity contribution in [1.82, 2.24) is 29.9 Å². The van der Waals surface area contributed by atoms with Gasteiger partial charge >= 0.3 is 0 Å². The molecular formula is C19H22N6O. The predicted molar refractivity (Wildman–Crippen MR) is 96.6 cm³/mol. The molecule has 1 amide bonds. The highest BCUT2D eigenvalue weighted by Gasteiger charge is 2.32. The fraction of sp³-hybridized carbons (Fsp3) is 0.368. The monoisotopic (exact) mass is 350 g/mol. The Morgan fingerprint density at radius 3 is 2.92 bits per heavy atom. The number of aromatic nitrogens is 5. The summed E-state index contributed by atoms with van der Waals surface area (Å²) in [5.74, 6) is -0.0472. The first kappa shape index (κ1) is 16.5. The number of likely N-dealkylation sites (tertiary alicyclic amines) is 1. The van der Waals surface area contributed by atoms with Gasteiger partial charge in [0.25, 0.3) is 5.91 Å². The van der Waals surface area contributed by atoms with E-state index >= 15 is 0 Å². The fourth-order valence-electron chi connectivity index (χ4n) is 3.59. The zero-order chi connectivity index (χ0) is 18.1. The summed E-state index contributed by atoms with van der Waals surface area (Å²) in [6, 6.07) is 9.72. The summed E-state index contributed by atoms with van der Waals surface area (Å²) < 4.78 is 1.91. The first-order chi connectivity index (χ1) is 12.6. The van der Waals surface area contributed by atoms with Crippen LogP contribution in [0.25, 0.3) is 0 Å². The van der Waals surface area contributed by atoms with E-state index in [1.54, 1.807) is 6.20 Å². The molecule has 4 heterocycles. The van der Waals surface area contributed by atoms with Crippen molar-refractivity contribution in [2.75, 3.05) is 6.54 Å².